The molecule has 2 heteroatoms. The normalized spacial score (nSPS) is 26.2. The van der Waals surface area contributed by atoms with Gasteiger partial charge in [-0.2, -0.15) is 0 Å². The van der Waals surface area contributed by atoms with E-state index in [0.29, 0.717) is 4.83 Å². The maximum atomic E-state index is 3.95. The number of rotatable bonds is 2. The van der Waals surface area contributed by atoms with Crippen molar-refractivity contribution in [3.63, 3.8) is 0 Å². The minimum atomic E-state index is 0.520. The number of benzene rings is 1. The fraction of sp³-hybridized carbons (Fsp3) is 0.600. The van der Waals surface area contributed by atoms with Crippen LogP contribution in [0.25, 0.3) is 0 Å². The first-order valence-corrected chi connectivity index (χ1v) is 8.12. The fourth-order valence-corrected chi connectivity index (χ4v) is 4.68. The summed E-state index contributed by atoms with van der Waals surface area (Å²) in [5.74, 6) is 1.65. The van der Waals surface area contributed by atoms with Crippen LogP contribution in [0.3, 0.4) is 0 Å². The molecule has 1 aromatic carbocycles. The molecule has 2 rings (SSSR count). The molecule has 1 aliphatic carbocycles. The Morgan fingerprint density at radius 3 is 2.47 bits per heavy atom. The van der Waals surface area contributed by atoms with Gasteiger partial charge in [-0.1, -0.05) is 57.7 Å². The third kappa shape index (κ3) is 2.78. The molecule has 3 unspecified atom stereocenters. The van der Waals surface area contributed by atoms with Crippen LogP contribution in [0.15, 0.2) is 16.6 Å². The second-order valence-electron chi connectivity index (χ2n) is 5.43. The van der Waals surface area contributed by atoms with Gasteiger partial charge in [0.2, 0.25) is 0 Å². The Morgan fingerprint density at radius 1 is 1.18 bits per heavy atom. The van der Waals surface area contributed by atoms with Crippen molar-refractivity contribution < 1.29 is 0 Å². The van der Waals surface area contributed by atoms with Crippen molar-refractivity contribution in [3.05, 3.63) is 33.3 Å². The van der Waals surface area contributed by atoms with Crippen LogP contribution in [-0.2, 0) is 0 Å². The molecule has 0 aliphatic heterocycles. The van der Waals surface area contributed by atoms with Crippen molar-refractivity contribution in [2.45, 2.75) is 44.9 Å². The predicted octanol–water partition coefficient (Wildman–Crippen LogP) is 5.94. The molecule has 0 bridgehead atoms. The maximum absolute atomic E-state index is 3.95. The first kappa shape index (κ1) is 13.6. The van der Waals surface area contributed by atoms with Crippen molar-refractivity contribution in [2.24, 2.45) is 11.8 Å². The Morgan fingerprint density at radius 2 is 1.88 bits per heavy atom. The minimum Gasteiger partial charge on any atom is -0.0836 e. The second-order valence-corrected chi connectivity index (χ2v) is 7.27. The lowest BCUT2D eigenvalue weighted by Gasteiger charge is -2.24. The van der Waals surface area contributed by atoms with Gasteiger partial charge in [0.05, 0.1) is 0 Å². The van der Waals surface area contributed by atoms with Gasteiger partial charge in [0.1, 0.15) is 0 Å². The topological polar surface area (TPSA) is 0 Å². The van der Waals surface area contributed by atoms with Crippen LogP contribution >= 0.6 is 31.9 Å². The van der Waals surface area contributed by atoms with Crippen LogP contribution in [-0.4, -0.2) is 0 Å². The van der Waals surface area contributed by atoms with Gasteiger partial charge in [-0.05, 0) is 54.9 Å². The van der Waals surface area contributed by atoms with E-state index in [1.807, 2.05) is 0 Å². The largest absolute Gasteiger partial charge is 0.0836 e. The Labute approximate surface area is 121 Å². The smallest absolute Gasteiger partial charge is 0.0428 e. The number of alkyl halides is 1. The Balaban J connectivity index is 2.30. The molecule has 1 aromatic rings. The second kappa shape index (κ2) is 5.44. The van der Waals surface area contributed by atoms with Gasteiger partial charge in [-0.25, -0.2) is 0 Å². The molecule has 1 saturated carbocycles. The summed E-state index contributed by atoms with van der Waals surface area (Å²) in [4.78, 5) is 0.520. The molecule has 0 aromatic heterocycles. The summed E-state index contributed by atoms with van der Waals surface area (Å²) in [6, 6.07) is 4.59. The van der Waals surface area contributed by atoms with E-state index >= 15 is 0 Å². The van der Waals surface area contributed by atoms with Crippen LogP contribution in [0.1, 0.15) is 47.7 Å². The molecule has 0 radical (unpaired) electrons. The van der Waals surface area contributed by atoms with E-state index in [1.54, 1.807) is 0 Å². The van der Waals surface area contributed by atoms with Gasteiger partial charge in [-0.15, -0.1) is 0 Å². The van der Waals surface area contributed by atoms with E-state index in [0.717, 1.165) is 11.8 Å². The van der Waals surface area contributed by atoms with Crippen molar-refractivity contribution in [2.75, 3.05) is 0 Å². The van der Waals surface area contributed by atoms with Crippen LogP contribution in [0.4, 0.5) is 0 Å². The first-order chi connectivity index (χ1) is 8.00. The zero-order chi connectivity index (χ0) is 12.6. The number of hydrogen-bond donors (Lipinski definition) is 0. The molecule has 3 atom stereocenters. The summed E-state index contributed by atoms with van der Waals surface area (Å²) >= 11 is 7.56. The Kier molecular flexibility index (Phi) is 4.35. The standard InChI is InChI=1S/C15H20Br2/c1-9-5-4-6-12(9)15(17)13-7-11(3)14(16)8-10(13)2/h7-9,12,15H,4-6H2,1-3H3. The third-order valence-electron chi connectivity index (χ3n) is 4.15. The average Bonchev–Trinajstić information content (AvgIpc) is 2.69. The molecule has 0 nitrogen and oxygen atoms in total. The van der Waals surface area contributed by atoms with Gasteiger partial charge < -0.3 is 0 Å². The summed E-state index contributed by atoms with van der Waals surface area (Å²) in [5, 5.41) is 0. The summed E-state index contributed by atoms with van der Waals surface area (Å²) < 4.78 is 1.22. The molecular formula is C15H20Br2. The first-order valence-electron chi connectivity index (χ1n) is 6.41. The molecule has 94 valence electrons. The van der Waals surface area contributed by atoms with Crippen molar-refractivity contribution in [3.8, 4) is 0 Å². The Hall–Kier alpha value is 0.180. The van der Waals surface area contributed by atoms with Crippen LogP contribution in [0.5, 0.6) is 0 Å². The van der Waals surface area contributed by atoms with E-state index in [1.165, 1.54) is 40.4 Å². The molecule has 0 heterocycles. The quantitative estimate of drug-likeness (QED) is 0.573. The van der Waals surface area contributed by atoms with Gasteiger partial charge in [0.25, 0.3) is 0 Å². The third-order valence-corrected chi connectivity index (χ3v) is 6.17. The van der Waals surface area contributed by atoms with E-state index in [9.17, 15) is 0 Å². The summed E-state index contributed by atoms with van der Waals surface area (Å²) in [7, 11) is 0. The van der Waals surface area contributed by atoms with Gasteiger partial charge >= 0.3 is 0 Å². The Bertz CT molecular complexity index is 412. The van der Waals surface area contributed by atoms with Gasteiger partial charge in [0, 0.05) is 9.30 Å². The zero-order valence-corrected chi connectivity index (χ0v) is 13.9. The highest BCUT2D eigenvalue weighted by molar-refractivity contribution is 9.10. The summed E-state index contributed by atoms with van der Waals surface area (Å²) in [6.45, 7) is 6.78. The number of halogens is 2. The monoisotopic (exact) mass is 358 g/mol. The molecule has 1 fully saturated rings. The van der Waals surface area contributed by atoms with Gasteiger partial charge in [-0.3, -0.25) is 0 Å². The van der Waals surface area contributed by atoms with E-state index < -0.39 is 0 Å². The summed E-state index contributed by atoms with van der Waals surface area (Å²) in [6.07, 6.45) is 4.15. The van der Waals surface area contributed by atoms with Crippen LogP contribution in [0.2, 0.25) is 0 Å². The van der Waals surface area contributed by atoms with Crippen LogP contribution in [0, 0.1) is 25.7 Å². The lowest BCUT2D eigenvalue weighted by Crippen LogP contribution is -2.11. The lowest BCUT2D eigenvalue weighted by molar-refractivity contribution is 0.413. The van der Waals surface area contributed by atoms with Crippen molar-refractivity contribution >= 4 is 31.9 Å². The number of hydrogen-bond acceptors (Lipinski definition) is 0. The highest BCUT2D eigenvalue weighted by atomic mass is 79.9. The lowest BCUT2D eigenvalue weighted by atomic mass is 9.88. The molecule has 0 N–H and O–H groups in total. The summed E-state index contributed by atoms with van der Waals surface area (Å²) in [5.41, 5.74) is 4.20. The predicted molar refractivity (Wildman–Crippen MR) is 81.8 cm³/mol. The fourth-order valence-electron chi connectivity index (χ4n) is 2.94. The molecular weight excluding hydrogens is 340 g/mol. The van der Waals surface area contributed by atoms with Gasteiger partial charge in [0.15, 0.2) is 0 Å². The average molecular weight is 360 g/mol. The zero-order valence-electron chi connectivity index (χ0n) is 10.8. The van der Waals surface area contributed by atoms with E-state index in [-0.39, 0.29) is 0 Å². The van der Waals surface area contributed by atoms with E-state index in [4.69, 9.17) is 0 Å². The molecule has 1 aliphatic rings. The van der Waals surface area contributed by atoms with E-state index in [2.05, 4.69) is 64.8 Å². The highest BCUT2D eigenvalue weighted by Gasteiger charge is 2.31. The van der Waals surface area contributed by atoms with Crippen LogP contribution < -0.4 is 0 Å². The highest BCUT2D eigenvalue weighted by Crippen LogP contribution is 2.45. The SMILES string of the molecule is Cc1cc(C(Br)C2CCCC2C)c(C)cc1Br. The molecule has 0 amide bonds. The van der Waals surface area contributed by atoms with Crippen molar-refractivity contribution in [1.29, 1.82) is 0 Å². The molecule has 0 saturated heterocycles. The molecule has 17 heavy (non-hydrogen) atoms. The maximum Gasteiger partial charge on any atom is 0.0428 e. The molecule has 0 spiro atoms. The number of aryl methyl sites for hydroxylation is 2. The van der Waals surface area contributed by atoms with Crippen molar-refractivity contribution in [1.82, 2.24) is 0 Å². The minimum absolute atomic E-state index is 0.520.